The van der Waals surface area contributed by atoms with Crippen LogP contribution in [0.2, 0.25) is 0 Å². The van der Waals surface area contributed by atoms with Gasteiger partial charge in [-0.1, -0.05) is 53.9 Å². The molecule has 4 fully saturated rings. The molecule has 0 aromatic heterocycles. The summed E-state index contributed by atoms with van der Waals surface area (Å²) in [5.41, 5.74) is 0.326. The van der Waals surface area contributed by atoms with E-state index in [1.807, 2.05) is 0 Å². The summed E-state index contributed by atoms with van der Waals surface area (Å²) in [6, 6.07) is 0. The highest BCUT2D eigenvalue weighted by molar-refractivity contribution is 5.84. The lowest BCUT2D eigenvalue weighted by atomic mass is 9.44. The number of Topliss-reactive ketones (excluding diaryl/α,β-unsaturated/α-hetero) is 1. The van der Waals surface area contributed by atoms with E-state index in [1.54, 1.807) is 0 Å². The highest BCUT2D eigenvalue weighted by atomic mass is 16.5. The fraction of sp³-hybridized carbons (Fsp3) is 0.931. The van der Waals surface area contributed by atoms with Crippen LogP contribution in [0, 0.1) is 52.3 Å². The Morgan fingerprint density at radius 1 is 1.03 bits per heavy atom. The monoisotopic (exact) mass is 444 g/mol. The number of esters is 1. The first-order chi connectivity index (χ1) is 15.1. The standard InChI is InChI=1S/C29H48O3/c1-18(2)8-7-9-19(3)24-12-13-25-23-11-10-21-16-22(32-20(4)30)14-15-28(21,5)27(23)26(31)17-29(24,25)6/h18-19,21-25,27H,7-17H2,1-6H3/t19-,21?,22-,23+,24-,25+,27-,28+,29-/m1/s1. The minimum atomic E-state index is -0.156. The van der Waals surface area contributed by atoms with Crippen molar-refractivity contribution in [2.24, 2.45) is 52.3 Å². The van der Waals surface area contributed by atoms with Crippen LogP contribution < -0.4 is 0 Å². The zero-order chi connectivity index (χ0) is 23.3. The van der Waals surface area contributed by atoms with E-state index in [4.69, 9.17) is 4.74 Å². The summed E-state index contributed by atoms with van der Waals surface area (Å²) in [5.74, 6) is 4.75. The molecule has 0 aromatic carbocycles. The Labute approximate surface area is 196 Å². The number of hydrogen-bond acceptors (Lipinski definition) is 3. The van der Waals surface area contributed by atoms with Crippen LogP contribution in [0.15, 0.2) is 0 Å². The Bertz CT molecular complexity index is 713. The molecular weight excluding hydrogens is 396 g/mol. The van der Waals surface area contributed by atoms with Crippen LogP contribution in [0.4, 0.5) is 0 Å². The Balaban J connectivity index is 1.49. The summed E-state index contributed by atoms with van der Waals surface area (Å²) in [6.45, 7) is 13.6. The quantitative estimate of drug-likeness (QED) is 0.406. The minimum Gasteiger partial charge on any atom is -0.463 e. The van der Waals surface area contributed by atoms with Crippen molar-refractivity contribution in [1.29, 1.82) is 0 Å². The molecule has 0 amide bonds. The smallest absolute Gasteiger partial charge is 0.302 e. The van der Waals surface area contributed by atoms with Crippen LogP contribution >= 0.6 is 0 Å². The van der Waals surface area contributed by atoms with Gasteiger partial charge in [0.25, 0.3) is 0 Å². The summed E-state index contributed by atoms with van der Waals surface area (Å²) in [5, 5.41) is 0. The molecule has 3 heteroatoms. The Hall–Kier alpha value is -0.860. The van der Waals surface area contributed by atoms with Crippen LogP contribution in [0.25, 0.3) is 0 Å². The summed E-state index contributed by atoms with van der Waals surface area (Å²) < 4.78 is 5.60. The van der Waals surface area contributed by atoms with Gasteiger partial charge in [-0.3, -0.25) is 9.59 Å². The molecule has 3 nitrogen and oxygen atoms in total. The molecule has 0 spiro atoms. The molecule has 0 saturated heterocycles. The molecular formula is C29H48O3. The zero-order valence-corrected chi connectivity index (χ0v) is 21.6. The van der Waals surface area contributed by atoms with Gasteiger partial charge in [0.15, 0.2) is 0 Å². The van der Waals surface area contributed by atoms with Gasteiger partial charge in [0, 0.05) is 19.3 Å². The third kappa shape index (κ3) is 4.20. The fourth-order valence-electron chi connectivity index (χ4n) is 9.40. The Kier molecular flexibility index (Phi) is 6.87. The van der Waals surface area contributed by atoms with Crippen molar-refractivity contribution in [2.75, 3.05) is 0 Å². The molecule has 0 bridgehead atoms. The lowest BCUT2D eigenvalue weighted by Crippen LogP contribution is -2.58. The van der Waals surface area contributed by atoms with Gasteiger partial charge in [-0.05, 0) is 91.3 Å². The predicted octanol–water partition coefficient (Wildman–Crippen LogP) is 7.22. The zero-order valence-electron chi connectivity index (χ0n) is 21.6. The first-order valence-corrected chi connectivity index (χ1v) is 13.8. The number of ether oxygens (including phenoxy) is 1. The average molecular weight is 445 g/mol. The highest BCUT2D eigenvalue weighted by Gasteiger charge is 2.63. The first kappa shape index (κ1) is 24.3. The molecule has 0 aliphatic heterocycles. The molecule has 9 atom stereocenters. The van der Waals surface area contributed by atoms with Crippen molar-refractivity contribution in [3.8, 4) is 0 Å². The van der Waals surface area contributed by atoms with E-state index in [2.05, 4.69) is 34.6 Å². The van der Waals surface area contributed by atoms with Gasteiger partial charge in [-0.15, -0.1) is 0 Å². The molecule has 4 rings (SSSR count). The van der Waals surface area contributed by atoms with E-state index in [-0.39, 0.29) is 28.8 Å². The third-order valence-electron chi connectivity index (χ3n) is 10.8. The molecule has 0 aromatic rings. The van der Waals surface area contributed by atoms with Crippen LogP contribution in [0.3, 0.4) is 0 Å². The van der Waals surface area contributed by atoms with Crippen molar-refractivity contribution in [2.45, 2.75) is 118 Å². The predicted molar refractivity (Wildman–Crippen MR) is 129 cm³/mol. The van der Waals surface area contributed by atoms with Crippen molar-refractivity contribution < 1.29 is 14.3 Å². The molecule has 1 unspecified atom stereocenters. The number of ketones is 1. The van der Waals surface area contributed by atoms with Gasteiger partial charge in [-0.25, -0.2) is 0 Å². The maximum atomic E-state index is 13.9. The van der Waals surface area contributed by atoms with E-state index in [0.29, 0.717) is 17.6 Å². The van der Waals surface area contributed by atoms with Crippen molar-refractivity contribution in [3.63, 3.8) is 0 Å². The lowest BCUT2D eigenvalue weighted by Gasteiger charge is -2.60. The third-order valence-corrected chi connectivity index (χ3v) is 10.8. The number of hydrogen-bond donors (Lipinski definition) is 0. The van der Waals surface area contributed by atoms with Crippen LogP contribution in [-0.2, 0) is 14.3 Å². The van der Waals surface area contributed by atoms with Gasteiger partial charge in [0.05, 0.1) is 0 Å². The minimum absolute atomic E-state index is 0.0635. The molecule has 182 valence electrons. The number of rotatable bonds is 6. The SMILES string of the molecule is CC(=O)O[C@@H]1CC[C@@]2(C)C(CC[C@H]3[C@@H]4CC[C@H]([C@H](C)CCCC(C)C)[C@@]4(C)CC(=O)[C@@H]32)C1. The number of carbonyl (C=O) groups is 2. The lowest BCUT2D eigenvalue weighted by molar-refractivity contribution is -0.169. The van der Waals surface area contributed by atoms with Crippen LogP contribution in [-0.4, -0.2) is 17.9 Å². The van der Waals surface area contributed by atoms with E-state index in [9.17, 15) is 9.59 Å². The van der Waals surface area contributed by atoms with Gasteiger partial charge in [0.2, 0.25) is 0 Å². The van der Waals surface area contributed by atoms with Crippen LogP contribution in [0.5, 0.6) is 0 Å². The summed E-state index contributed by atoms with van der Waals surface area (Å²) in [4.78, 5) is 25.4. The van der Waals surface area contributed by atoms with Crippen molar-refractivity contribution in [1.82, 2.24) is 0 Å². The molecule has 0 N–H and O–H groups in total. The van der Waals surface area contributed by atoms with Gasteiger partial charge in [-0.2, -0.15) is 0 Å². The maximum absolute atomic E-state index is 13.9. The average Bonchev–Trinajstić information content (AvgIpc) is 3.03. The van der Waals surface area contributed by atoms with E-state index in [0.717, 1.165) is 49.4 Å². The largest absolute Gasteiger partial charge is 0.463 e. The molecule has 32 heavy (non-hydrogen) atoms. The van der Waals surface area contributed by atoms with E-state index in [1.165, 1.54) is 51.9 Å². The fourth-order valence-corrected chi connectivity index (χ4v) is 9.40. The van der Waals surface area contributed by atoms with Crippen molar-refractivity contribution >= 4 is 11.8 Å². The second kappa shape index (κ2) is 9.06. The topological polar surface area (TPSA) is 43.4 Å². The van der Waals surface area contributed by atoms with Crippen molar-refractivity contribution in [3.05, 3.63) is 0 Å². The number of carbonyl (C=O) groups excluding carboxylic acids is 2. The van der Waals surface area contributed by atoms with E-state index < -0.39 is 0 Å². The first-order valence-electron chi connectivity index (χ1n) is 13.8. The van der Waals surface area contributed by atoms with E-state index >= 15 is 0 Å². The van der Waals surface area contributed by atoms with Crippen LogP contribution in [0.1, 0.15) is 112 Å². The molecule has 0 heterocycles. The number of fused-ring (bicyclic) bond motifs is 5. The van der Waals surface area contributed by atoms with Gasteiger partial charge in [0.1, 0.15) is 11.9 Å². The second-order valence-electron chi connectivity index (χ2n) is 13.2. The molecule has 4 aliphatic carbocycles. The molecule has 0 radical (unpaired) electrons. The summed E-state index contributed by atoms with van der Waals surface area (Å²) in [7, 11) is 0. The maximum Gasteiger partial charge on any atom is 0.302 e. The Morgan fingerprint density at radius 3 is 2.47 bits per heavy atom. The second-order valence-corrected chi connectivity index (χ2v) is 13.2. The summed E-state index contributed by atoms with van der Waals surface area (Å²) >= 11 is 0. The highest BCUT2D eigenvalue weighted by Crippen LogP contribution is 2.67. The Morgan fingerprint density at radius 2 is 1.78 bits per heavy atom. The molecule has 4 saturated carbocycles. The normalized spacial score (nSPS) is 44.5. The summed E-state index contributed by atoms with van der Waals surface area (Å²) in [6.07, 6.45) is 12.9. The molecule has 4 aliphatic rings. The van der Waals surface area contributed by atoms with Gasteiger partial charge >= 0.3 is 5.97 Å². The van der Waals surface area contributed by atoms with Gasteiger partial charge < -0.3 is 4.74 Å².